The fourth-order valence-electron chi connectivity index (χ4n) is 9.40. The molecule has 3 aliphatic heterocycles. The molecule has 0 aromatic rings. The first-order chi connectivity index (χ1) is 27.0. The lowest BCUT2D eigenvalue weighted by Crippen LogP contribution is -2.64. The van der Waals surface area contributed by atoms with Crippen molar-refractivity contribution in [1.82, 2.24) is 4.90 Å². The molecule has 2 saturated heterocycles. The number of methoxy groups -OCH3 is 3. The van der Waals surface area contributed by atoms with Crippen molar-refractivity contribution in [2.45, 2.75) is 160 Å². The molecule has 3 heterocycles. The number of nitrogens with zero attached hydrogens (tertiary/aromatic N) is 1. The van der Waals surface area contributed by atoms with E-state index in [0.717, 1.165) is 10.5 Å². The van der Waals surface area contributed by atoms with Gasteiger partial charge in [-0.1, -0.05) is 44.6 Å². The third kappa shape index (κ3) is 11.3. The van der Waals surface area contributed by atoms with Gasteiger partial charge >= 0.3 is 5.97 Å². The van der Waals surface area contributed by atoms with Crippen LogP contribution in [0.2, 0.25) is 0 Å². The number of ketones is 2. The number of piperidine rings is 1. The Hall–Kier alpha value is -2.78. The van der Waals surface area contributed by atoms with Gasteiger partial charge in [0.2, 0.25) is 5.79 Å². The summed E-state index contributed by atoms with van der Waals surface area (Å²) in [6.45, 7) is 13.1. The van der Waals surface area contributed by atoms with E-state index in [1.54, 1.807) is 34.0 Å². The molecule has 4 aliphatic rings. The number of rotatable bonds is 9. The van der Waals surface area contributed by atoms with Gasteiger partial charge in [-0.3, -0.25) is 14.4 Å². The molecule has 0 unspecified atom stereocenters. The van der Waals surface area contributed by atoms with Gasteiger partial charge in [-0.2, -0.15) is 0 Å². The maximum atomic E-state index is 14.3. The largest absolute Gasteiger partial charge is 0.460 e. The highest BCUT2D eigenvalue weighted by Crippen LogP contribution is 2.39. The normalized spacial score (nSPS) is 38.2. The van der Waals surface area contributed by atoms with Crippen LogP contribution in [0.5, 0.6) is 0 Å². The molecule has 2 bridgehead atoms. The van der Waals surface area contributed by atoms with Gasteiger partial charge in [0.1, 0.15) is 24.0 Å². The minimum Gasteiger partial charge on any atom is -0.460 e. The summed E-state index contributed by atoms with van der Waals surface area (Å²) in [5.41, 5.74) is 1.60. The first kappa shape index (κ1) is 46.9. The van der Waals surface area contributed by atoms with Crippen molar-refractivity contribution < 1.29 is 58.2 Å². The third-order valence-corrected chi connectivity index (χ3v) is 12.9. The molecule has 1 amide bonds. The van der Waals surface area contributed by atoms with Crippen molar-refractivity contribution in [1.29, 1.82) is 0 Å². The van der Waals surface area contributed by atoms with Gasteiger partial charge in [0.05, 0.1) is 30.5 Å². The average Bonchev–Trinajstić information content (AvgIpc) is 3.19. The molecule has 57 heavy (non-hydrogen) atoms. The van der Waals surface area contributed by atoms with Crippen LogP contribution in [0.15, 0.2) is 36.0 Å². The molecule has 0 aromatic heterocycles. The van der Waals surface area contributed by atoms with E-state index in [2.05, 4.69) is 6.58 Å². The molecule has 4 rings (SSSR count). The second-order valence-corrected chi connectivity index (χ2v) is 17.3. The molecule has 0 aromatic carbocycles. The smallest absolute Gasteiger partial charge is 0.329 e. The monoisotopic (exact) mass is 803 g/mol. The SMILES string of the molecule is C=CC[C@@H]1C=C(C)C[C@H](C)C[C@H](OC)[C@H]2O[C@@](O)(C(=O)C(=O)N3CCCC[C@H]3C(=O)O[C@@H]([C@H](C)[C@H](O)/C(C)=C/[C@@H]3CC[C@@H](O)[C@H](OC)C3)CC1=O)[C@H](C)C[C@@H]2OC. The number of ether oxygens (including phenoxy) is 5. The molecule has 13 nitrogen and oxygen atoms in total. The Balaban J connectivity index is 1.74. The van der Waals surface area contributed by atoms with Crippen LogP contribution >= 0.6 is 0 Å². The number of fused-ring (bicyclic) bond motifs is 3. The number of cyclic esters (lactones) is 1. The van der Waals surface area contributed by atoms with Crippen molar-refractivity contribution in [3.05, 3.63) is 36.0 Å². The summed E-state index contributed by atoms with van der Waals surface area (Å²) in [5.74, 6) is -7.80. The van der Waals surface area contributed by atoms with Gasteiger partial charge in [0.15, 0.2) is 0 Å². The van der Waals surface area contributed by atoms with Crippen molar-refractivity contribution in [2.24, 2.45) is 29.6 Å². The van der Waals surface area contributed by atoms with Crippen LogP contribution in [-0.2, 0) is 42.9 Å². The maximum Gasteiger partial charge on any atom is 0.329 e. The predicted octanol–water partition coefficient (Wildman–Crippen LogP) is 4.64. The summed E-state index contributed by atoms with van der Waals surface area (Å²) in [4.78, 5) is 58.0. The van der Waals surface area contributed by atoms with Crippen molar-refractivity contribution >= 4 is 23.4 Å². The fraction of sp³-hybridized carbons (Fsp3) is 0.773. The van der Waals surface area contributed by atoms with Crippen molar-refractivity contribution in [3.8, 4) is 0 Å². The van der Waals surface area contributed by atoms with E-state index in [1.165, 1.54) is 14.2 Å². The van der Waals surface area contributed by atoms with E-state index in [-0.39, 0.29) is 49.5 Å². The van der Waals surface area contributed by atoms with E-state index in [9.17, 15) is 34.5 Å². The molecular weight excluding hydrogens is 734 g/mol. The number of amides is 1. The van der Waals surface area contributed by atoms with Gasteiger partial charge in [-0.15, -0.1) is 6.58 Å². The maximum absolute atomic E-state index is 14.3. The van der Waals surface area contributed by atoms with Crippen molar-refractivity contribution in [2.75, 3.05) is 27.9 Å². The average molecular weight is 804 g/mol. The highest BCUT2D eigenvalue weighted by molar-refractivity contribution is 6.39. The fourth-order valence-corrected chi connectivity index (χ4v) is 9.40. The van der Waals surface area contributed by atoms with E-state index in [1.807, 2.05) is 26.0 Å². The number of aliphatic hydroxyl groups excluding tert-OH is 2. The Morgan fingerprint density at radius 2 is 1.67 bits per heavy atom. The number of hydrogen-bond donors (Lipinski definition) is 3. The Kier molecular flexibility index (Phi) is 17.2. The number of allylic oxidation sites excluding steroid dienone is 4. The van der Waals surface area contributed by atoms with Gasteiger partial charge in [-0.25, -0.2) is 4.79 Å². The number of Topliss-reactive ketones (excluding diaryl/α,β-unsaturated/α-hetero) is 2. The number of hydrogen-bond acceptors (Lipinski definition) is 12. The van der Waals surface area contributed by atoms with E-state index >= 15 is 0 Å². The Labute approximate surface area is 339 Å². The third-order valence-electron chi connectivity index (χ3n) is 12.9. The summed E-state index contributed by atoms with van der Waals surface area (Å²) in [6.07, 6.45) is 5.10. The minimum absolute atomic E-state index is 0.0120. The molecule has 3 N–H and O–H groups in total. The molecule has 322 valence electrons. The van der Waals surface area contributed by atoms with Crippen LogP contribution in [-0.4, -0.2) is 126 Å². The zero-order valence-electron chi connectivity index (χ0n) is 35.4. The lowest BCUT2D eigenvalue weighted by atomic mass is 9.81. The standard InChI is InChI=1S/C44H69NO12/c1-10-13-31-19-25(2)18-26(3)20-37(54-8)40-38(55-9)22-28(5)44(52,57-40)41(49)42(50)45-17-12-11-14-32(45)43(51)56-35(24-34(31)47)29(6)39(48)27(4)21-30-15-16-33(46)36(23-30)53-7/h10,19,21,26,28-33,35-40,46,48,52H,1,11-18,20,22-24H2,2-9H3/b25-19?,27-21+/t26-,28+,29-,30-,31+,32-,33+,35+,36+,37-,38-,39+,40+,44+/m0/s1. The number of aliphatic hydroxyl groups is 3. The number of esters is 1. The zero-order chi connectivity index (χ0) is 42.2. The van der Waals surface area contributed by atoms with Gasteiger partial charge in [-0.05, 0) is 95.5 Å². The second-order valence-electron chi connectivity index (χ2n) is 17.3. The molecular formula is C44H69NO12. The molecule has 1 aliphatic carbocycles. The number of carbonyl (C=O) groups excluding carboxylic acids is 4. The van der Waals surface area contributed by atoms with Crippen LogP contribution in [0.25, 0.3) is 0 Å². The molecule has 0 radical (unpaired) electrons. The summed E-state index contributed by atoms with van der Waals surface area (Å²) in [7, 11) is 4.63. The molecule has 1 saturated carbocycles. The summed E-state index contributed by atoms with van der Waals surface area (Å²) < 4.78 is 29.6. The lowest BCUT2D eigenvalue weighted by Gasteiger charge is -2.47. The highest BCUT2D eigenvalue weighted by Gasteiger charge is 2.56. The van der Waals surface area contributed by atoms with Crippen molar-refractivity contribution in [3.63, 3.8) is 0 Å². The van der Waals surface area contributed by atoms with Gasteiger partial charge < -0.3 is 43.9 Å². The quantitative estimate of drug-likeness (QED) is 0.168. The minimum atomic E-state index is -2.50. The zero-order valence-corrected chi connectivity index (χ0v) is 35.4. The Morgan fingerprint density at radius 3 is 2.32 bits per heavy atom. The highest BCUT2D eigenvalue weighted by atomic mass is 16.7. The molecule has 0 spiro atoms. The molecule has 13 heteroatoms. The topological polar surface area (TPSA) is 178 Å². The Bertz CT molecular complexity index is 1480. The first-order valence-corrected chi connectivity index (χ1v) is 20.9. The Morgan fingerprint density at radius 1 is 1.00 bits per heavy atom. The van der Waals surface area contributed by atoms with Crippen LogP contribution in [0.3, 0.4) is 0 Å². The van der Waals surface area contributed by atoms with E-state index in [4.69, 9.17) is 23.7 Å². The lowest BCUT2D eigenvalue weighted by molar-refractivity contribution is -0.302. The second kappa shape index (κ2) is 21.0. The summed E-state index contributed by atoms with van der Waals surface area (Å²) in [6, 6.07) is -1.17. The van der Waals surface area contributed by atoms with E-state index < -0.39 is 83.9 Å². The predicted molar refractivity (Wildman–Crippen MR) is 213 cm³/mol. The summed E-state index contributed by atoms with van der Waals surface area (Å²) in [5, 5.41) is 34.0. The van der Waals surface area contributed by atoms with Crippen LogP contribution in [0.1, 0.15) is 105 Å². The molecule has 14 atom stereocenters. The number of carbonyl (C=O) groups is 4. The van der Waals surface area contributed by atoms with Crippen LogP contribution < -0.4 is 0 Å². The van der Waals surface area contributed by atoms with Gasteiger partial charge in [0.25, 0.3) is 11.7 Å². The van der Waals surface area contributed by atoms with Gasteiger partial charge in [0, 0.05) is 52.0 Å². The first-order valence-electron chi connectivity index (χ1n) is 20.9. The molecule has 3 fully saturated rings. The van der Waals surface area contributed by atoms with Crippen LogP contribution in [0, 0.1) is 29.6 Å². The van der Waals surface area contributed by atoms with E-state index in [0.29, 0.717) is 56.9 Å². The summed E-state index contributed by atoms with van der Waals surface area (Å²) >= 11 is 0. The van der Waals surface area contributed by atoms with Crippen LogP contribution in [0.4, 0.5) is 0 Å².